The zero-order chi connectivity index (χ0) is 17.8. The van der Waals surface area contributed by atoms with Crippen molar-refractivity contribution in [3.8, 4) is 17.1 Å². The van der Waals surface area contributed by atoms with Crippen molar-refractivity contribution in [3.05, 3.63) is 69.6 Å². The Bertz CT molecular complexity index is 1230. The first-order chi connectivity index (χ1) is 12.6. The molecule has 5 rings (SSSR count). The van der Waals surface area contributed by atoms with Gasteiger partial charge in [0.25, 0.3) is 0 Å². The second-order valence-electron chi connectivity index (χ2n) is 6.24. The fourth-order valence-electron chi connectivity index (χ4n) is 3.42. The SMILES string of the molecule is Oc1ccc(-c2nc3c4ccc(Br)cc4c4cc(Br)ccc4c3[nH]2)cc1. The van der Waals surface area contributed by atoms with E-state index in [0.717, 1.165) is 47.5 Å². The molecule has 1 heterocycles. The van der Waals surface area contributed by atoms with Crippen LogP contribution in [0.3, 0.4) is 0 Å². The molecule has 0 atom stereocenters. The molecule has 0 aliphatic heterocycles. The van der Waals surface area contributed by atoms with Crippen LogP contribution in [0.5, 0.6) is 5.75 Å². The van der Waals surface area contributed by atoms with E-state index >= 15 is 0 Å². The summed E-state index contributed by atoms with van der Waals surface area (Å²) in [5, 5.41) is 14.1. The number of aromatic hydroxyl groups is 1. The third-order valence-electron chi connectivity index (χ3n) is 4.62. The maximum atomic E-state index is 9.54. The molecule has 0 saturated heterocycles. The first-order valence-corrected chi connectivity index (χ1v) is 9.68. The van der Waals surface area contributed by atoms with Crippen molar-refractivity contribution in [2.45, 2.75) is 0 Å². The number of benzene rings is 4. The summed E-state index contributed by atoms with van der Waals surface area (Å²) in [7, 11) is 0. The molecule has 0 unspecified atom stereocenters. The Kier molecular flexibility index (Phi) is 3.55. The van der Waals surface area contributed by atoms with Gasteiger partial charge in [0.15, 0.2) is 0 Å². The van der Waals surface area contributed by atoms with Crippen LogP contribution in [0.25, 0.3) is 44.0 Å². The molecule has 0 amide bonds. The summed E-state index contributed by atoms with van der Waals surface area (Å²) in [6, 6.07) is 19.7. The van der Waals surface area contributed by atoms with Crippen LogP contribution in [0.1, 0.15) is 0 Å². The molecule has 1 aromatic heterocycles. The van der Waals surface area contributed by atoms with Crippen molar-refractivity contribution >= 4 is 64.4 Å². The van der Waals surface area contributed by atoms with E-state index in [1.165, 1.54) is 5.39 Å². The zero-order valence-corrected chi connectivity index (χ0v) is 16.6. The van der Waals surface area contributed by atoms with E-state index in [0.29, 0.717) is 0 Å². The molecule has 5 heteroatoms. The Morgan fingerprint density at radius 2 is 1.35 bits per heavy atom. The highest BCUT2D eigenvalue weighted by atomic mass is 79.9. The van der Waals surface area contributed by atoms with Gasteiger partial charge in [-0.2, -0.15) is 0 Å². The lowest BCUT2D eigenvalue weighted by Gasteiger charge is -2.07. The molecule has 126 valence electrons. The van der Waals surface area contributed by atoms with Crippen molar-refractivity contribution in [3.63, 3.8) is 0 Å². The van der Waals surface area contributed by atoms with E-state index in [-0.39, 0.29) is 5.75 Å². The summed E-state index contributed by atoms with van der Waals surface area (Å²) in [5.41, 5.74) is 2.91. The number of aromatic nitrogens is 2. The predicted molar refractivity (Wildman–Crippen MR) is 114 cm³/mol. The Morgan fingerprint density at radius 3 is 2.04 bits per heavy atom. The molecule has 0 aliphatic rings. The van der Waals surface area contributed by atoms with Crippen molar-refractivity contribution in [2.24, 2.45) is 0 Å². The summed E-state index contributed by atoms with van der Waals surface area (Å²) >= 11 is 7.17. The highest BCUT2D eigenvalue weighted by Gasteiger charge is 2.14. The number of phenolic OH excluding ortho intramolecular Hbond substituents is 1. The molecule has 0 bridgehead atoms. The molecule has 0 spiro atoms. The lowest BCUT2D eigenvalue weighted by Crippen LogP contribution is -1.82. The van der Waals surface area contributed by atoms with Gasteiger partial charge in [-0.05, 0) is 59.3 Å². The van der Waals surface area contributed by atoms with E-state index in [1.54, 1.807) is 12.1 Å². The van der Waals surface area contributed by atoms with Gasteiger partial charge in [0.2, 0.25) is 0 Å². The molecule has 2 N–H and O–H groups in total. The first-order valence-electron chi connectivity index (χ1n) is 8.10. The number of imidazole rings is 1. The van der Waals surface area contributed by atoms with Crippen LogP contribution in [0.2, 0.25) is 0 Å². The van der Waals surface area contributed by atoms with Gasteiger partial charge in [-0.25, -0.2) is 4.98 Å². The monoisotopic (exact) mass is 466 g/mol. The van der Waals surface area contributed by atoms with Crippen molar-refractivity contribution < 1.29 is 5.11 Å². The highest BCUT2D eigenvalue weighted by Crippen LogP contribution is 2.37. The second-order valence-corrected chi connectivity index (χ2v) is 8.07. The van der Waals surface area contributed by atoms with Crippen LogP contribution in [0.4, 0.5) is 0 Å². The van der Waals surface area contributed by atoms with E-state index in [4.69, 9.17) is 4.98 Å². The van der Waals surface area contributed by atoms with Crippen molar-refractivity contribution in [2.75, 3.05) is 0 Å². The molecule has 0 saturated carbocycles. The van der Waals surface area contributed by atoms with E-state index in [2.05, 4.69) is 61.1 Å². The standard InChI is InChI=1S/C21H12Br2N2O/c22-12-3-7-15-17(9-12)18-10-13(23)4-8-16(18)20-19(15)24-21(25-20)11-1-5-14(26)6-2-11/h1-10,26H,(H,24,25). The zero-order valence-electron chi connectivity index (χ0n) is 13.4. The molecule has 4 aromatic carbocycles. The molecule has 0 radical (unpaired) electrons. The van der Waals surface area contributed by atoms with Crippen molar-refractivity contribution in [1.29, 1.82) is 0 Å². The fraction of sp³-hybridized carbons (Fsp3) is 0. The Morgan fingerprint density at radius 1 is 0.731 bits per heavy atom. The van der Waals surface area contributed by atoms with E-state index in [9.17, 15) is 5.11 Å². The fourth-order valence-corrected chi connectivity index (χ4v) is 4.14. The van der Waals surface area contributed by atoms with E-state index < -0.39 is 0 Å². The maximum absolute atomic E-state index is 9.54. The average Bonchev–Trinajstić information content (AvgIpc) is 3.07. The number of phenols is 1. The van der Waals surface area contributed by atoms with Gasteiger partial charge in [-0.1, -0.05) is 44.0 Å². The molecule has 3 nitrogen and oxygen atoms in total. The number of H-pyrrole nitrogens is 1. The summed E-state index contributed by atoms with van der Waals surface area (Å²) in [6.07, 6.45) is 0. The lowest BCUT2D eigenvalue weighted by atomic mass is 10.0. The van der Waals surface area contributed by atoms with Gasteiger partial charge in [0.1, 0.15) is 11.6 Å². The van der Waals surface area contributed by atoms with Gasteiger partial charge in [0.05, 0.1) is 11.0 Å². The number of halogens is 2. The summed E-state index contributed by atoms with van der Waals surface area (Å²) in [4.78, 5) is 8.36. The van der Waals surface area contributed by atoms with Crippen LogP contribution in [0.15, 0.2) is 69.6 Å². The second kappa shape index (κ2) is 5.83. The third kappa shape index (κ3) is 2.42. The predicted octanol–water partition coefficient (Wildman–Crippen LogP) is 6.77. The minimum Gasteiger partial charge on any atom is -0.508 e. The lowest BCUT2D eigenvalue weighted by molar-refractivity contribution is 0.475. The molecular weight excluding hydrogens is 456 g/mol. The van der Waals surface area contributed by atoms with Gasteiger partial charge >= 0.3 is 0 Å². The molecule has 5 aromatic rings. The van der Waals surface area contributed by atoms with Gasteiger partial charge < -0.3 is 10.1 Å². The normalized spacial score (nSPS) is 11.6. The summed E-state index contributed by atoms with van der Waals surface area (Å²) in [6.45, 7) is 0. The van der Waals surface area contributed by atoms with Crippen LogP contribution in [-0.2, 0) is 0 Å². The smallest absolute Gasteiger partial charge is 0.138 e. The van der Waals surface area contributed by atoms with Gasteiger partial charge in [-0.3, -0.25) is 0 Å². The van der Waals surface area contributed by atoms with Crippen LogP contribution < -0.4 is 0 Å². The van der Waals surface area contributed by atoms with Crippen LogP contribution >= 0.6 is 31.9 Å². The van der Waals surface area contributed by atoms with Crippen molar-refractivity contribution in [1.82, 2.24) is 9.97 Å². The number of nitrogens with one attached hydrogen (secondary N) is 1. The number of fused-ring (bicyclic) bond motifs is 6. The highest BCUT2D eigenvalue weighted by molar-refractivity contribution is 9.10. The van der Waals surface area contributed by atoms with Gasteiger partial charge in [-0.15, -0.1) is 0 Å². The van der Waals surface area contributed by atoms with Crippen LogP contribution in [-0.4, -0.2) is 15.1 Å². The number of hydrogen-bond acceptors (Lipinski definition) is 2. The van der Waals surface area contributed by atoms with Crippen LogP contribution in [0, 0.1) is 0 Å². The number of aromatic amines is 1. The van der Waals surface area contributed by atoms with Gasteiger partial charge in [0, 0.05) is 25.3 Å². The Hall–Kier alpha value is -2.37. The molecule has 0 aliphatic carbocycles. The maximum Gasteiger partial charge on any atom is 0.138 e. The summed E-state index contributed by atoms with van der Waals surface area (Å²) < 4.78 is 2.09. The molecular formula is C21H12Br2N2O. The minimum absolute atomic E-state index is 0.246. The third-order valence-corrected chi connectivity index (χ3v) is 5.61. The number of nitrogens with zero attached hydrogens (tertiary/aromatic N) is 1. The Labute approximate surface area is 165 Å². The number of rotatable bonds is 1. The van der Waals surface area contributed by atoms with E-state index in [1.807, 2.05) is 24.3 Å². The Balaban J connectivity index is 1.94. The quantitative estimate of drug-likeness (QED) is 0.267. The average molecular weight is 468 g/mol. The topological polar surface area (TPSA) is 48.9 Å². The largest absolute Gasteiger partial charge is 0.508 e. The molecule has 0 fully saturated rings. The summed E-state index contributed by atoms with van der Waals surface area (Å²) in [5.74, 6) is 1.04. The minimum atomic E-state index is 0.246. The molecule has 26 heavy (non-hydrogen) atoms. The number of hydrogen-bond donors (Lipinski definition) is 2. The first kappa shape index (κ1) is 15.9.